The highest BCUT2D eigenvalue weighted by molar-refractivity contribution is 5.91. The van der Waals surface area contributed by atoms with Gasteiger partial charge in [-0.2, -0.15) is 5.48 Å². The molecular formula is C30H33N3O2. The fraction of sp³-hybridized carbons (Fsp3) is 0.300. The molecule has 1 heterocycles. The third-order valence-corrected chi connectivity index (χ3v) is 6.88. The van der Waals surface area contributed by atoms with Crippen LogP contribution in [0.15, 0.2) is 91.0 Å². The van der Waals surface area contributed by atoms with Crippen LogP contribution in [0.2, 0.25) is 0 Å². The Morgan fingerprint density at radius 2 is 1.60 bits per heavy atom. The molecule has 1 saturated heterocycles. The molecular weight excluding hydrogens is 434 g/mol. The van der Waals surface area contributed by atoms with E-state index in [-0.39, 0.29) is 5.91 Å². The summed E-state index contributed by atoms with van der Waals surface area (Å²) in [6.07, 6.45) is 6.97. The van der Waals surface area contributed by atoms with Crippen LogP contribution in [0.3, 0.4) is 0 Å². The number of nitrogens with zero attached hydrogens (tertiary/aromatic N) is 1. The fourth-order valence-electron chi connectivity index (χ4n) is 4.80. The number of nitrogens with one attached hydrogen (secondary N) is 2. The predicted octanol–water partition coefficient (Wildman–Crippen LogP) is 4.92. The molecule has 3 aromatic carbocycles. The maximum Gasteiger partial charge on any atom is 0.276 e. The van der Waals surface area contributed by atoms with Crippen molar-refractivity contribution in [2.75, 3.05) is 13.1 Å². The number of hydroxylamine groups is 1. The van der Waals surface area contributed by atoms with Crippen LogP contribution in [-0.2, 0) is 11.3 Å². The highest BCUT2D eigenvalue weighted by Gasteiger charge is 2.39. The molecule has 0 bridgehead atoms. The van der Waals surface area contributed by atoms with Gasteiger partial charge in [-0.1, -0.05) is 72.8 Å². The van der Waals surface area contributed by atoms with Gasteiger partial charge in [0.05, 0.1) is 0 Å². The van der Waals surface area contributed by atoms with Crippen molar-refractivity contribution < 1.29 is 9.63 Å². The molecule has 5 nitrogen and oxygen atoms in total. The zero-order valence-electron chi connectivity index (χ0n) is 20.0. The van der Waals surface area contributed by atoms with E-state index in [2.05, 4.69) is 70.3 Å². The van der Waals surface area contributed by atoms with Crippen molar-refractivity contribution in [2.24, 2.45) is 0 Å². The van der Waals surface area contributed by atoms with Gasteiger partial charge in [-0.3, -0.25) is 9.69 Å². The average molecular weight is 468 g/mol. The van der Waals surface area contributed by atoms with Crippen LogP contribution in [0, 0.1) is 0 Å². The van der Waals surface area contributed by atoms with E-state index >= 15 is 0 Å². The summed E-state index contributed by atoms with van der Waals surface area (Å²) in [4.78, 5) is 19.8. The summed E-state index contributed by atoms with van der Waals surface area (Å²) >= 11 is 0. The van der Waals surface area contributed by atoms with Gasteiger partial charge in [-0.15, -0.1) is 0 Å². The van der Waals surface area contributed by atoms with Crippen LogP contribution < -0.4 is 15.6 Å². The minimum Gasteiger partial charge on any atom is -0.379 e. The molecule has 1 aliphatic carbocycles. The van der Waals surface area contributed by atoms with E-state index in [0.717, 1.165) is 25.2 Å². The van der Waals surface area contributed by atoms with E-state index in [1.54, 1.807) is 18.2 Å². The highest BCUT2D eigenvalue weighted by Crippen LogP contribution is 2.41. The minimum atomic E-state index is -0.296. The third kappa shape index (κ3) is 6.81. The summed E-state index contributed by atoms with van der Waals surface area (Å²) in [5, 5.41) is 3.90. The van der Waals surface area contributed by atoms with Crippen LogP contribution in [0.25, 0.3) is 6.08 Å². The molecule has 1 aliphatic heterocycles. The van der Waals surface area contributed by atoms with E-state index in [9.17, 15) is 4.79 Å². The van der Waals surface area contributed by atoms with E-state index in [1.165, 1.54) is 36.5 Å². The molecule has 5 rings (SSSR count). The van der Waals surface area contributed by atoms with Gasteiger partial charge in [0.1, 0.15) is 0 Å². The van der Waals surface area contributed by atoms with Crippen LogP contribution in [0.4, 0.5) is 0 Å². The Bertz CT molecular complexity index is 1110. The van der Waals surface area contributed by atoms with Crippen molar-refractivity contribution >= 4 is 12.0 Å². The molecule has 2 aliphatic rings. The maximum atomic E-state index is 12.0. The van der Waals surface area contributed by atoms with Gasteiger partial charge in [0.25, 0.3) is 5.91 Å². The maximum absolute atomic E-state index is 12.0. The van der Waals surface area contributed by atoms with Gasteiger partial charge in [-0.05, 0) is 67.3 Å². The molecule has 0 unspecified atom stereocenters. The standard InChI is InChI=1S/C30H33N3O2/c34-30(32-35-27-9-5-2-6-10-27)16-15-23-11-13-24(14-12-23)22-33-19-17-26(18-20-33)31-29-21-28(29)25-7-3-1-4-8-25/h1-16,26,28-29,31H,17-22H2,(H,32,34)/t28-,29+/m0/s1. The summed E-state index contributed by atoms with van der Waals surface area (Å²) in [6.45, 7) is 3.23. The molecule has 0 radical (unpaired) electrons. The Kier molecular flexibility index (Phi) is 7.56. The lowest BCUT2D eigenvalue weighted by Crippen LogP contribution is -2.43. The SMILES string of the molecule is O=C(C=Cc1ccc(CN2CCC(N[C@@H]3C[C@H]3c3ccccc3)CC2)cc1)NOc1ccccc1. The molecule has 2 atom stereocenters. The van der Waals surface area contributed by atoms with E-state index in [0.29, 0.717) is 23.8 Å². The van der Waals surface area contributed by atoms with E-state index in [1.807, 2.05) is 18.2 Å². The van der Waals surface area contributed by atoms with Crippen LogP contribution in [0.1, 0.15) is 41.9 Å². The molecule has 2 N–H and O–H groups in total. The van der Waals surface area contributed by atoms with Crippen molar-refractivity contribution in [3.63, 3.8) is 0 Å². The summed E-state index contributed by atoms with van der Waals surface area (Å²) in [7, 11) is 0. The Morgan fingerprint density at radius 1 is 0.914 bits per heavy atom. The summed E-state index contributed by atoms with van der Waals surface area (Å²) < 4.78 is 0. The Labute approximate surface area is 207 Å². The van der Waals surface area contributed by atoms with Gasteiger partial charge in [0.15, 0.2) is 5.75 Å². The number of carbonyl (C=O) groups excluding carboxylic acids is 1. The molecule has 0 spiro atoms. The predicted molar refractivity (Wildman–Crippen MR) is 140 cm³/mol. The van der Waals surface area contributed by atoms with Crippen molar-refractivity contribution in [3.8, 4) is 5.75 Å². The number of rotatable bonds is 9. The number of hydrogen-bond donors (Lipinski definition) is 2. The van der Waals surface area contributed by atoms with Crippen molar-refractivity contribution in [3.05, 3.63) is 108 Å². The number of amides is 1. The zero-order chi connectivity index (χ0) is 23.9. The monoisotopic (exact) mass is 467 g/mol. The number of para-hydroxylation sites is 1. The number of likely N-dealkylation sites (tertiary alicyclic amines) is 1. The highest BCUT2D eigenvalue weighted by atomic mass is 16.7. The molecule has 2 fully saturated rings. The first-order valence-electron chi connectivity index (χ1n) is 12.6. The number of benzene rings is 3. The largest absolute Gasteiger partial charge is 0.379 e. The zero-order valence-corrected chi connectivity index (χ0v) is 20.0. The lowest BCUT2D eigenvalue weighted by molar-refractivity contribution is -0.122. The Balaban J connectivity index is 1.01. The topological polar surface area (TPSA) is 53.6 Å². The molecule has 0 aromatic heterocycles. The average Bonchev–Trinajstić information content (AvgIpc) is 3.68. The minimum absolute atomic E-state index is 0.296. The lowest BCUT2D eigenvalue weighted by Gasteiger charge is -2.32. The molecule has 1 amide bonds. The first-order chi connectivity index (χ1) is 17.2. The second-order valence-electron chi connectivity index (χ2n) is 9.53. The van der Waals surface area contributed by atoms with Gasteiger partial charge < -0.3 is 10.2 Å². The summed E-state index contributed by atoms with van der Waals surface area (Å²) in [6, 6.07) is 29.8. The number of piperidine rings is 1. The van der Waals surface area contributed by atoms with Gasteiger partial charge in [0.2, 0.25) is 0 Å². The van der Waals surface area contributed by atoms with Crippen LogP contribution >= 0.6 is 0 Å². The van der Waals surface area contributed by atoms with Crippen molar-refractivity contribution in [1.29, 1.82) is 0 Å². The second-order valence-corrected chi connectivity index (χ2v) is 9.53. The Morgan fingerprint density at radius 3 is 2.31 bits per heavy atom. The molecule has 5 heteroatoms. The first kappa shape index (κ1) is 23.3. The third-order valence-electron chi connectivity index (χ3n) is 6.88. The second kappa shape index (κ2) is 11.3. The molecule has 180 valence electrons. The first-order valence-corrected chi connectivity index (χ1v) is 12.6. The van der Waals surface area contributed by atoms with E-state index < -0.39 is 0 Å². The van der Waals surface area contributed by atoms with Gasteiger partial charge in [0, 0.05) is 30.6 Å². The Hall–Kier alpha value is -3.41. The lowest BCUT2D eigenvalue weighted by atomic mass is 10.0. The summed E-state index contributed by atoms with van der Waals surface area (Å²) in [5.74, 6) is 1.00. The number of carbonyl (C=O) groups is 1. The van der Waals surface area contributed by atoms with Crippen LogP contribution in [0.5, 0.6) is 5.75 Å². The van der Waals surface area contributed by atoms with Gasteiger partial charge >= 0.3 is 0 Å². The fourth-order valence-corrected chi connectivity index (χ4v) is 4.80. The normalized spacial score (nSPS) is 20.6. The summed E-state index contributed by atoms with van der Waals surface area (Å²) in [5.41, 5.74) is 6.19. The smallest absolute Gasteiger partial charge is 0.276 e. The van der Waals surface area contributed by atoms with Crippen molar-refractivity contribution in [1.82, 2.24) is 15.7 Å². The van der Waals surface area contributed by atoms with Gasteiger partial charge in [-0.25, -0.2) is 0 Å². The molecule has 35 heavy (non-hydrogen) atoms. The van der Waals surface area contributed by atoms with Crippen molar-refractivity contribution in [2.45, 2.75) is 43.8 Å². The number of hydrogen-bond acceptors (Lipinski definition) is 4. The molecule has 3 aromatic rings. The quantitative estimate of drug-likeness (QED) is 0.346. The molecule has 1 saturated carbocycles. The van der Waals surface area contributed by atoms with E-state index in [4.69, 9.17) is 4.84 Å². The van der Waals surface area contributed by atoms with Crippen LogP contribution in [-0.4, -0.2) is 36.0 Å².